The number of halogens is 1. The minimum Gasteiger partial charge on any atom is -0.491 e. The van der Waals surface area contributed by atoms with Crippen molar-refractivity contribution in [3.8, 4) is 17.1 Å². The quantitative estimate of drug-likeness (QED) is 0.387. The largest absolute Gasteiger partial charge is 0.491 e. The van der Waals surface area contributed by atoms with Gasteiger partial charge in [0.25, 0.3) is 0 Å². The van der Waals surface area contributed by atoms with Crippen LogP contribution in [-0.4, -0.2) is 65.0 Å². The number of rotatable bonds is 7. The Bertz CT molecular complexity index is 1370. The second-order valence-electron chi connectivity index (χ2n) is 8.45. The SMILES string of the molecule is COCCOc1ccn2c(-c3ccc4c(F)ccc(N5CCC(NC(=O)O)CC5)c4n3)cnc2c1. The van der Waals surface area contributed by atoms with E-state index in [0.717, 1.165) is 11.4 Å². The molecule has 1 aliphatic rings. The summed E-state index contributed by atoms with van der Waals surface area (Å²) in [5, 5.41) is 12.0. The van der Waals surface area contributed by atoms with Gasteiger partial charge in [0.15, 0.2) is 0 Å². The van der Waals surface area contributed by atoms with Gasteiger partial charge in [0, 0.05) is 43.9 Å². The van der Waals surface area contributed by atoms with Crippen molar-refractivity contribution in [2.75, 3.05) is 38.3 Å². The molecule has 4 heterocycles. The Morgan fingerprint density at radius 1 is 1.20 bits per heavy atom. The van der Waals surface area contributed by atoms with Crippen LogP contribution in [0.1, 0.15) is 12.8 Å². The molecule has 1 saturated heterocycles. The highest BCUT2D eigenvalue weighted by atomic mass is 19.1. The molecule has 1 aromatic carbocycles. The maximum Gasteiger partial charge on any atom is 0.404 e. The maximum absolute atomic E-state index is 14.7. The number of aromatic nitrogens is 3. The first kappa shape index (κ1) is 22.9. The minimum absolute atomic E-state index is 0.0829. The molecule has 5 rings (SSSR count). The topological polar surface area (TPSA) is 101 Å². The van der Waals surface area contributed by atoms with Crippen molar-refractivity contribution in [2.24, 2.45) is 0 Å². The second kappa shape index (κ2) is 9.75. The predicted molar refractivity (Wildman–Crippen MR) is 130 cm³/mol. The monoisotopic (exact) mass is 479 g/mol. The molecule has 0 aliphatic carbocycles. The van der Waals surface area contributed by atoms with E-state index in [-0.39, 0.29) is 11.9 Å². The summed E-state index contributed by atoms with van der Waals surface area (Å²) >= 11 is 0. The first-order valence-electron chi connectivity index (χ1n) is 11.5. The number of anilines is 1. The third kappa shape index (κ3) is 4.69. The Labute approximate surface area is 201 Å². The third-order valence-corrected chi connectivity index (χ3v) is 6.25. The van der Waals surface area contributed by atoms with Gasteiger partial charge in [-0.1, -0.05) is 0 Å². The number of amides is 1. The molecule has 2 N–H and O–H groups in total. The van der Waals surface area contributed by atoms with Gasteiger partial charge in [-0.2, -0.15) is 0 Å². The van der Waals surface area contributed by atoms with E-state index >= 15 is 0 Å². The van der Waals surface area contributed by atoms with Gasteiger partial charge in [0.1, 0.15) is 23.8 Å². The third-order valence-electron chi connectivity index (χ3n) is 6.25. The van der Waals surface area contributed by atoms with Crippen molar-refractivity contribution < 1.29 is 23.8 Å². The van der Waals surface area contributed by atoms with E-state index in [0.29, 0.717) is 67.1 Å². The van der Waals surface area contributed by atoms with Gasteiger partial charge in [-0.25, -0.2) is 19.2 Å². The average molecular weight is 480 g/mol. The Morgan fingerprint density at radius 2 is 2.03 bits per heavy atom. The average Bonchev–Trinajstić information content (AvgIpc) is 3.28. The Hall–Kier alpha value is -3.92. The molecule has 0 unspecified atom stereocenters. The number of fused-ring (bicyclic) bond motifs is 2. The molecule has 4 aromatic rings. The van der Waals surface area contributed by atoms with Gasteiger partial charge in [0.05, 0.1) is 35.4 Å². The van der Waals surface area contributed by atoms with E-state index in [9.17, 15) is 9.18 Å². The van der Waals surface area contributed by atoms with Crippen molar-refractivity contribution >= 4 is 28.3 Å². The standard InChI is InChI=1S/C25H26FN5O4/c1-34-12-13-35-17-8-11-31-22(15-27-23(31)14-17)20-4-2-18-19(26)3-5-21(24(18)29-20)30-9-6-16(7-10-30)28-25(32)33/h2-5,8,11,14-16,28H,6-7,9-10,12-13H2,1H3,(H,32,33). The van der Waals surface area contributed by atoms with Crippen LogP contribution in [0.4, 0.5) is 14.9 Å². The lowest BCUT2D eigenvalue weighted by molar-refractivity contribution is 0.146. The van der Waals surface area contributed by atoms with Crippen molar-refractivity contribution in [3.63, 3.8) is 0 Å². The molecule has 182 valence electrons. The Balaban J connectivity index is 1.46. The van der Waals surface area contributed by atoms with Crippen molar-refractivity contribution in [3.05, 3.63) is 54.6 Å². The van der Waals surface area contributed by atoms with Crippen LogP contribution in [0, 0.1) is 5.82 Å². The molecule has 35 heavy (non-hydrogen) atoms. The number of methoxy groups -OCH3 is 1. The smallest absolute Gasteiger partial charge is 0.404 e. The number of hydrogen-bond acceptors (Lipinski definition) is 6. The summed E-state index contributed by atoms with van der Waals surface area (Å²) < 4.78 is 27.3. The molecule has 0 bridgehead atoms. The van der Waals surface area contributed by atoms with E-state index < -0.39 is 6.09 Å². The van der Waals surface area contributed by atoms with Crippen molar-refractivity contribution in [1.82, 2.24) is 19.7 Å². The van der Waals surface area contributed by atoms with Gasteiger partial charge >= 0.3 is 6.09 Å². The summed E-state index contributed by atoms with van der Waals surface area (Å²) in [4.78, 5) is 22.4. The number of nitrogens with one attached hydrogen (secondary N) is 1. The number of hydrogen-bond donors (Lipinski definition) is 2. The van der Waals surface area contributed by atoms with E-state index in [4.69, 9.17) is 19.6 Å². The van der Waals surface area contributed by atoms with Crippen LogP contribution >= 0.6 is 0 Å². The van der Waals surface area contributed by atoms with Gasteiger partial charge in [-0.3, -0.25) is 4.40 Å². The summed E-state index contributed by atoms with van der Waals surface area (Å²) in [7, 11) is 1.62. The fourth-order valence-corrected chi connectivity index (χ4v) is 4.49. The number of carbonyl (C=O) groups is 1. The van der Waals surface area contributed by atoms with Gasteiger partial charge < -0.3 is 24.8 Å². The first-order chi connectivity index (χ1) is 17.0. The Morgan fingerprint density at radius 3 is 2.80 bits per heavy atom. The summed E-state index contributed by atoms with van der Waals surface area (Å²) in [5.74, 6) is 0.365. The number of pyridine rings is 2. The van der Waals surface area contributed by atoms with Gasteiger partial charge in [0.2, 0.25) is 0 Å². The molecule has 0 spiro atoms. The van der Waals surface area contributed by atoms with Crippen LogP contribution in [0.3, 0.4) is 0 Å². The molecule has 3 aromatic heterocycles. The normalized spacial score (nSPS) is 14.5. The van der Waals surface area contributed by atoms with E-state index in [1.54, 1.807) is 31.5 Å². The van der Waals surface area contributed by atoms with Crippen LogP contribution in [0.25, 0.3) is 27.9 Å². The van der Waals surface area contributed by atoms with Crippen LogP contribution in [0.15, 0.2) is 48.8 Å². The number of carboxylic acid groups (broad SMARTS) is 1. The predicted octanol–water partition coefficient (Wildman–Crippen LogP) is 3.95. The lowest BCUT2D eigenvalue weighted by Gasteiger charge is -2.33. The fourth-order valence-electron chi connectivity index (χ4n) is 4.49. The van der Waals surface area contributed by atoms with Gasteiger partial charge in [-0.05, 0) is 43.2 Å². The van der Waals surface area contributed by atoms with Crippen LogP contribution < -0.4 is 15.0 Å². The first-order valence-corrected chi connectivity index (χ1v) is 11.5. The highest BCUT2D eigenvalue weighted by Crippen LogP contribution is 2.32. The van der Waals surface area contributed by atoms with Crippen molar-refractivity contribution in [1.29, 1.82) is 0 Å². The van der Waals surface area contributed by atoms with E-state index in [1.807, 2.05) is 22.7 Å². The van der Waals surface area contributed by atoms with Crippen LogP contribution in [-0.2, 0) is 4.74 Å². The zero-order valence-corrected chi connectivity index (χ0v) is 19.3. The van der Waals surface area contributed by atoms with Gasteiger partial charge in [-0.15, -0.1) is 0 Å². The van der Waals surface area contributed by atoms with Crippen LogP contribution in [0.2, 0.25) is 0 Å². The van der Waals surface area contributed by atoms with E-state index in [1.165, 1.54) is 6.07 Å². The molecule has 0 atom stereocenters. The summed E-state index contributed by atoms with van der Waals surface area (Å²) in [6.45, 7) is 2.25. The molecule has 1 aliphatic heterocycles. The zero-order chi connectivity index (χ0) is 24.4. The summed E-state index contributed by atoms with van der Waals surface area (Å²) in [5.41, 5.74) is 3.57. The summed E-state index contributed by atoms with van der Waals surface area (Å²) in [6, 6.07) is 10.4. The number of ether oxygens (including phenoxy) is 2. The zero-order valence-electron chi connectivity index (χ0n) is 19.3. The number of piperidine rings is 1. The summed E-state index contributed by atoms with van der Waals surface area (Å²) in [6.07, 6.45) is 3.95. The lowest BCUT2D eigenvalue weighted by Crippen LogP contribution is -2.44. The number of benzene rings is 1. The highest BCUT2D eigenvalue weighted by molar-refractivity contribution is 5.93. The lowest BCUT2D eigenvalue weighted by atomic mass is 10.0. The molecule has 0 saturated carbocycles. The number of nitrogens with zero attached hydrogens (tertiary/aromatic N) is 4. The molecular weight excluding hydrogens is 453 g/mol. The highest BCUT2D eigenvalue weighted by Gasteiger charge is 2.23. The maximum atomic E-state index is 14.7. The second-order valence-corrected chi connectivity index (χ2v) is 8.45. The van der Waals surface area contributed by atoms with E-state index in [2.05, 4.69) is 15.2 Å². The Kier molecular flexibility index (Phi) is 6.37. The van der Waals surface area contributed by atoms with Crippen LogP contribution in [0.5, 0.6) is 5.75 Å². The molecule has 1 amide bonds. The molecular formula is C25H26FN5O4. The minimum atomic E-state index is -1.01. The fraction of sp³-hybridized carbons (Fsp3) is 0.320. The molecule has 1 fully saturated rings. The molecule has 9 nitrogen and oxygen atoms in total. The molecule has 10 heteroatoms. The molecule has 0 radical (unpaired) electrons. The number of imidazole rings is 1. The van der Waals surface area contributed by atoms with Crippen molar-refractivity contribution in [2.45, 2.75) is 18.9 Å².